The van der Waals surface area contributed by atoms with Gasteiger partial charge in [0.15, 0.2) is 0 Å². The molecule has 0 spiro atoms. The number of amides is 1. The summed E-state index contributed by atoms with van der Waals surface area (Å²) in [5.41, 5.74) is 1.34. The molecule has 1 heterocycles. The van der Waals surface area contributed by atoms with Crippen LogP contribution in [0, 0.1) is 0 Å². The molecule has 1 amide bonds. The van der Waals surface area contributed by atoms with Gasteiger partial charge in [-0.05, 0) is 24.8 Å². The van der Waals surface area contributed by atoms with Gasteiger partial charge in [-0.2, -0.15) is 0 Å². The molecule has 19 heavy (non-hydrogen) atoms. The predicted octanol–water partition coefficient (Wildman–Crippen LogP) is 2.07. The van der Waals surface area contributed by atoms with E-state index in [0.29, 0.717) is 19.7 Å². The Morgan fingerprint density at radius 3 is 2.63 bits per heavy atom. The highest BCUT2D eigenvalue weighted by Gasteiger charge is 2.17. The van der Waals surface area contributed by atoms with Crippen LogP contribution in [0.1, 0.15) is 18.4 Å². The molecule has 1 fully saturated rings. The van der Waals surface area contributed by atoms with Crippen LogP contribution in [0.2, 0.25) is 0 Å². The molecule has 0 N–H and O–H groups in total. The van der Waals surface area contributed by atoms with Crippen molar-refractivity contribution in [2.24, 2.45) is 0 Å². The van der Waals surface area contributed by atoms with E-state index in [-0.39, 0.29) is 6.09 Å². The van der Waals surface area contributed by atoms with Crippen LogP contribution in [-0.2, 0) is 11.2 Å². The maximum absolute atomic E-state index is 11.7. The van der Waals surface area contributed by atoms with Crippen molar-refractivity contribution in [2.45, 2.75) is 19.3 Å². The lowest BCUT2D eigenvalue weighted by Gasteiger charge is -2.25. The summed E-state index contributed by atoms with van der Waals surface area (Å²) in [4.78, 5) is 13.4. The standard InChI is InChI=1S/C15H21N2O2/c18-15(17-11-9-16-10-12-17)19-13-5-4-8-14-6-2-1-3-7-14/h1-3,6-7H,4-5,8-13H2. The molecule has 1 aliphatic rings. The minimum atomic E-state index is -0.186. The first-order chi connectivity index (χ1) is 9.36. The molecule has 1 aromatic rings. The minimum Gasteiger partial charge on any atom is -0.449 e. The van der Waals surface area contributed by atoms with Crippen molar-refractivity contribution in [1.29, 1.82) is 0 Å². The number of ether oxygens (including phenoxy) is 1. The Kier molecular flexibility index (Phi) is 5.69. The summed E-state index contributed by atoms with van der Waals surface area (Å²) in [7, 11) is 0. The van der Waals surface area contributed by atoms with E-state index in [4.69, 9.17) is 4.74 Å². The smallest absolute Gasteiger partial charge is 0.409 e. The Morgan fingerprint density at radius 1 is 1.16 bits per heavy atom. The molecule has 2 rings (SSSR count). The highest BCUT2D eigenvalue weighted by molar-refractivity contribution is 5.67. The van der Waals surface area contributed by atoms with E-state index >= 15 is 0 Å². The van der Waals surface area contributed by atoms with Gasteiger partial charge in [-0.15, -0.1) is 0 Å². The number of carbonyl (C=O) groups excluding carboxylic acids is 1. The summed E-state index contributed by atoms with van der Waals surface area (Å²) < 4.78 is 5.26. The number of piperazine rings is 1. The molecular formula is C15H21N2O2. The molecule has 0 saturated carbocycles. The second kappa shape index (κ2) is 7.79. The second-order valence-electron chi connectivity index (χ2n) is 4.71. The number of benzene rings is 1. The predicted molar refractivity (Wildman–Crippen MR) is 74.2 cm³/mol. The van der Waals surface area contributed by atoms with Gasteiger partial charge in [0, 0.05) is 26.2 Å². The first-order valence-electron chi connectivity index (χ1n) is 6.95. The number of aryl methyl sites for hydroxylation is 1. The summed E-state index contributed by atoms with van der Waals surface area (Å²) in [5, 5.41) is 4.20. The lowest BCUT2D eigenvalue weighted by molar-refractivity contribution is 0.0959. The lowest BCUT2D eigenvalue weighted by Crippen LogP contribution is -2.44. The topological polar surface area (TPSA) is 43.6 Å². The maximum Gasteiger partial charge on any atom is 0.409 e. The van der Waals surface area contributed by atoms with Crippen LogP contribution in [0.3, 0.4) is 0 Å². The molecule has 1 saturated heterocycles. The number of rotatable bonds is 5. The van der Waals surface area contributed by atoms with Gasteiger partial charge in [-0.3, -0.25) is 0 Å². The maximum atomic E-state index is 11.7. The minimum absolute atomic E-state index is 0.186. The van der Waals surface area contributed by atoms with Crippen LogP contribution in [0.5, 0.6) is 0 Å². The monoisotopic (exact) mass is 261 g/mol. The highest BCUT2D eigenvalue weighted by Crippen LogP contribution is 2.05. The Bertz CT molecular complexity index is 375. The molecule has 0 bridgehead atoms. The summed E-state index contributed by atoms with van der Waals surface area (Å²) >= 11 is 0. The molecule has 4 nitrogen and oxygen atoms in total. The van der Waals surface area contributed by atoms with Crippen LogP contribution in [0.4, 0.5) is 4.79 Å². The van der Waals surface area contributed by atoms with Gasteiger partial charge in [0.2, 0.25) is 0 Å². The molecule has 103 valence electrons. The number of nitrogens with zero attached hydrogens (tertiary/aromatic N) is 2. The third-order valence-electron chi connectivity index (χ3n) is 3.24. The zero-order chi connectivity index (χ0) is 13.3. The third-order valence-corrected chi connectivity index (χ3v) is 3.24. The lowest BCUT2D eigenvalue weighted by atomic mass is 10.1. The van der Waals surface area contributed by atoms with Crippen LogP contribution >= 0.6 is 0 Å². The van der Waals surface area contributed by atoms with Crippen molar-refractivity contribution in [3.8, 4) is 0 Å². The average molecular weight is 261 g/mol. The molecule has 1 aliphatic heterocycles. The summed E-state index contributed by atoms with van der Waals surface area (Å²) in [6.45, 7) is 3.39. The summed E-state index contributed by atoms with van der Waals surface area (Å²) in [5.74, 6) is 0. The molecule has 0 unspecified atom stereocenters. The van der Waals surface area contributed by atoms with E-state index in [1.54, 1.807) is 4.90 Å². The van der Waals surface area contributed by atoms with E-state index in [2.05, 4.69) is 29.6 Å². The number of unbranched alkanes of at least 4 members (excludes halogenated alkanes) is 1. The van der Waals surface area contributed by atoms with Gasteiger partial charge in [0.25, 0.3) is 0 Å². The number of hydrogen-bond donors (Lipinski definition) is 0. The quantitative estimate of drug-likeness (QED) is 0.762. The Balaban J connectivity index is 1.55. The molecule has 1 aromatic carbocycles. The molecule has 4 heteroatoms. The number of hydrogen-bond acceptors (Lipinski definition) is 2. The van der Waals surface area contributed by atoms with Crippen molar-refractivity contribution in [1.82, 2.24) is 10.2 Å². The number of carbonyl (C=O) groups is 1. The van der Waals surface area contributed by atoms with E-state index < -0.39 is 0 Å². The zero-order valence-electron chi connectivity index (χ0n) is 11.3. The fraction of sp³-hybridized carbons (Fsp3) is 0.533. The second-order valence-corrected chi connectivity index (χ2v) is 4.71. The van der Waals surface area contributed by atoms with Gasteiger partial charge >= 0.3 is 6.09 Å². The van der Waals surface area contributed by atoms with Gasteiger partial charge in [-0.1, -0.05) is 30.3 Å². The van der Waals surface area contributed by atoms with E-state index in [1.807, 2.05) is 6.07 Å². The molecule has 1 radical (unpaired) electrons. The molecular weight excluding hydrogens is 240 g/mol. The van der Waals surface area contributed by atoms with Crippen LogP contribution in [0.25, 0.3) is 0 Å². The average Bonchev–Trinajstić information content (AvgIpc) is 2.49. The van der Waals surface area contributed by atoms with Crippen molar-refractivity contribution < 1.29 is 9.53 Å². The van der Waals surface area contributed by atoms with Crippen molar-refractivity contribution >= 4 is 6.09 Å². The van der Waals surface area contributed by atoms with Gasteiger partial charge in [-0.25, -0.2) is 10.1 Å². The van der Waals surface area contributed by atoms with Crippen molar-refractivity contribution in [3.63, 3.8) is 0 Å². The first kappa shape index (κ1) is 13.9. The van der Waals surface area contributed by atoms with Gasteiger partial charge in [0.05, 0.1) is 6.61 Å². The SMILES string of the molecule is O=C(OCCCCc1ccccc1)N1CC[N]CC1. The summed E-state index contributed by atoms with van der Waals surface area (Å²) in [6.07, 6.45) is 2.82. The van der Waals surface area contributed by atoms with E-state index in [9.17, 15) is 4.79 Å². The summed E-state index contributed by atoms with van der Waals surface area (Å²) in [6, 6.07) is 10.4. The first-order valence-corrected chi connectivity index (χ1v) is 6.95. The zero-order valence-corrected chi connectivity index (χ0v) is 11.3. The molecule has 0 aliphatic carbocycles. The fourth-order valence-electron chi connectivity index (χ4n) is 2.12. The Labute approximate surface area is 114 Å². The van der Waals surface area contributed by atoms with Crippen molar-refractivity contribution in [2.75, 3.05) is 32.8 Å². The van der Waals surface area contributed by atoms with Crippen molar-refractivity contribution in [3.05, 3.63) is 35.9 Å². The molecule has 0 atom stereocenters. The highest BCUT2D eigenvalue weighted by atomic mass is 16.6. The van der Waals surface area contributed by atoms with E-state index in [1.165, 1.54) is 5.56 Å². The van der Waals surface area contributed by atoms with Crippen LogP contribution in [-0.4, -0.2) is 43.8 Å². The fourth-order valence-corrected chi connectivity index (χ4v) is 2.12. The Hall–Kier alpha value is -1.55. The normalized spacial score (nSPS) is 15.3. The van der Waals surface area contributed by atoms with Crippen LogP contribution < -0.4 is 5.32 Å². The molecule has 0 aromatic heterocycles. The van der Waals surface area contributed by atoms with Gasteiger partial charge in [0.1, 0.15) is 0 Å². The largest absolute Gasteiger partial charge is 0.449 e. The van der Waals surface area contributed by atoms with Crippen LogP contribution in [0.15, 0.2) is 30.3 Å². The van der Waals surface area contributed by atoms with E-state index in [0.717, 1.165) is 32.4 Å². The Morgan fingerprint density at radius 2 is 1.89 bits per heavy atom. The third kappa shape index (κ3) is 4.91. The van der Waals surface area contributed by atoms with Gasteiger partial charge < -0.3 is 9.64 Å².